The fraction of sp³-hybridized carbons (Fsp3) is 0.316. The maximum atomic E-state index is 12.8. The predicted molar refractivity (Wildman–Crippen MR) is 109 cm³/mol. The van der Waals surface area contributed by atoms with Crippen LogP contribution in [-0.2, 0) is 6.18 Å². The van der Waals surface area contributed by atoms with Crippen molar-refractivity contribution in [3.63, 3.8) is 0 Å². The van der Waals surface area contributed by atoms with Crippen LogP contribution in [0.3, 0.4) is 0 Å². The number of nitrogens with one attached hydrogen (secondary N) is 2. The first-order valence-corrected chi connectivity index (χ1v) is 10.2. The highest BCUT2D eigenvalue weighted by atomic mass is 35.5. The molecule has 29 heavy (non-hydrogen) atoms. The molecule has 5 nitrogen and oxygen atoms in total. The van der Waals surface area contributed by atoms with Gasteiger partial charge in [0.05, 0.1) is 21.8 Å². The number of anilines is 1. The number of hydrogen-bond acceptors (Lipinski definition) is 4. The van der Waals surface area contributed by atoms with Crippen LogP contribution in [0.5, 0.6) is 0 Å². The molecule has 0 aliphatic carbocycles. The maximum absolute atomic E-state index is 12.8. The molecule has 1 aromatic carbocycles. The summed E-state index contributed by atoms with van der Waals surface area (Å²) in [6.45, 7) is 3.55. The number of rotatable bonds is 6. The Morgan fingerprint density at radius 1 is 1.28 bits per heavy atom. The van der Waals surface area contributed by atoms with Gasteiger partial charge in [-0.2, -0.15) is 24.9 Å². The van der Waals surface area contributed by atoms with Crippen LogP contribution in [0.15, 0.2) is 30.5 Å². The zero-order chi connectivity index (χ0) is 21.8. The molecule has 0 bridgehead atoms. The number of nitrogens with zero attached hydrogens (tertiary/aromatic N) is 1. The number of pyridine rings is 1. The summed E-state index contributed by atoms with van der Waals surface area (Å²) in [4.78, 5) is 28.7. The van der Waals surface area contributed by atoms with Crippen molar-refractivity contribution < 1.29 is 22.8 Å². The minimum Gasteiger partial charge on any atom is -0.349 e. The lowest BCUT2D eigenvalue weighted by Gasteiger charge is -2.17. The van der Waals surface area contributed by atoms with Crippen molar-refractivity contribution in [3.05, 3.63) is 57.9 Å². The van der Waals surface area contributed by atoms with Crippen molar-refractivity contribution >= 4 is 40.9 Å². The van der Waals surface area contributed by atoms with Crippen molar-refractivity contribution in [1.82, 2.24) is 10.3 Å². The normalized spacial score (nSPS) is 12.4. The van der Waals surface area contributed by atoms with Crippen molar-refractivity contribution in [2.45, 2.75) is 26.1 Å². The molecule has 2 N–H and O–H groups in total. The SMILES string of the molecule is CSCC(C)NC(=O)c1cccc(C)c1NC(=O)c1ncc(C(F)(F)F)cc1Cl. The second-order valence-corrected chi connectivity index (χ2v) is 7.65. The Balaban J connectivity index is 2.30. The largest absolute Gasteiger partial charge is 0.417 e. The molecular weight excluding hydrogens is 427 g/mol. The molecule has 1 aromatic heterocycles. The van der Waals surface area contributed by atoms with E-state index in [9.17, 15) is 22.8 Å². The number of thioether (sulfide) groups is 1. The number of halogens is 4. The third kappa shape index (κ3) is 5.86. The third-order valence-electron chi connectivity index (χ3n) is 3.93. The molecule has 0 radical (unpaired) electrons. The second kappa shape index (κ2) is 9.49. The molecule has 0 fully saturated rings. The first-order valence-electron chi connectivity index (χ1n) is 8.48. The highest BCUT2D eigenvalue weighted by Gasteiger charge is 2.32. The Morgan fingerprint density at radius 3 is 2.55 bits per heavy atom. The van der Waals surface area contributed by atoms with Gasteiger partial charge in [-0.05, 0) is 37.8 Å². The minimum absolute atomic E-state index is 0.0902. The number of alkyl halides is 3. The van der Waals surface area contributed by atoms with Crippen molar-refractivity contribution in [1.29, 1.82) is 0 Å². The van der Waals surface area contributed by atoms with E-state index >= 15 is 0 Å². The smallest absolute Gasteiger partial charge is 0.349 e. The molecule has 0 spiro atoms. The Labute approximate surface area is 175 Å². The van der Waals surface area contributed by atoms with E-state index in [1.165, 1.54) is 0 Å². The van der Waals surface area contributed by atoms with E-state index in [0.717, 1.165) is 0 Å². The maximum Gasteiger partial charge on any atom is 0.417 e. The topological polar surface area (TPSA) is 71.1 Å². The number of carbonyl (C=O) groups excluding carboxylic acids is 2. The summed E-state index contributed by atoms with van der Waals surface area (Å²) in [6, 6.07) is 5.46. The highest BCUT2D eigenvalue weighted by molar-refractivity contribution is 7.98. The number of aryl methyl sites for hydroxylation is 1. The summed E-state index contributed by atoms with van der Waals surface area (Å²) in [5.74, 6) is -0.481. The minimum atomic E-state index is -4.62. The zero-order valence-corrected chi connectivity index (χ0v) is 17.4. The molecule has 1 unspecified atom stereocenters. The number of hydrogen-bond donors (Lipinski definition) is 2. The van der Waals surface area contributed by atoms with Gasteiger partial charge >= 0.3 is 6.18 Å². The van der Waals surface area contributed by atoms with Crippen LogP contribution in [0.1, 0.15) is 38.9 Å². The third-order valence-corrected chi connectivity index (χ3v) is 5.06. The lowest BCUT2D eigenvalue weighted by molar-refractivity contribution is -0.137. The van der Waals surface area contributed by atoms with Gasteiger partial charge in [0.2, 0.25) is 0 Å². The Kier molecular flexibility index (Phi) is 7.54. The van der Waals surface area contributed by atoms with Gasteiger partial charge in [0, 0.05) is 18.0 Å². The summed E-state index contributed by atoms with van der Waals surface area (Å²) in [5, 5.41) is 4.94. The van der Waals surface area contributed by atoms with Gasteiger partial charge in [-0.3, -0.25) is 9.59 Å². The van der Waals surface area contributed by atoms with Gasteiger partial charge in [-0.25, -0.2) is 4.98 Å². The summed E-state index contributed by atoms with van der Waals surface area (Å²) in [7, 11) is 0. The summed E-state index contributed by atoms with van der Waals surface area (Å²) >= 11 is 7.42. The standard InChI is InChI=1S/C19H19ClF3N3O2S/c1-10-5-4-6-13(17(27)25-11(2)9-29-3)15(10)26-18(28)16-14(20)7-12(8-24-16)19(21,22)23/h4-8,11H,9H2,1-3H3,(H,25,27)(H,26,28). The molecule has 156 valence electrons. The molecular formula is C19H19ClF3N3O2S. The molecule has 10 heteroatoms. The van der Waals surface area contributed by atoms with E-state index in [1.807, 2.05) is 13.2 Å². The first kappa shape index (κ1) is 23.0. The molecule has 2 rings (SSSR count). The second-order valence-electron chi connectivity index (χ2n) is 6.33. The highest BCUT2D eigenvalue weighted by Crippen LogP contribution is 2.31. The molecule has 2 amide bonds. The number of para-hydroxylation sites is 1. The predicted octanol–water partition coefficient (Wildman–Crippen LogP) is 4.80. The van der Waals surface area contributed by atoms with Crippen LogP contribution in [0.2, 0.25) is 5.02 Å². The fourth-order valence-electron chi connectivity index (χ4n) is 2.55. The average molecular weight is 446 g/mol. The Morgan fingerprint density at radius 2 is 1.97 bits per heavy atom. The molecule has 0 aliphatic heterocycles. The van der Waals surface area contributed by atoms with Gasteiger partial charge < -0.3 is 10.6 Å². The van der Waals surface area contributed by atoms with Gasteiger partial charge in [0.25, 0.3) is 11.8 Å². The van der Waals surface area contributed by atoms with Gasteiger partial charge in [-0.1, -0.05) is 23.7 Å². The zero-order valence-electron chi connectivity index (χ0n) is 15.9. The van der Waals surface area contributed by atoms with E-state index < -0.39 is 22.7 Å². The monoisotopic (exact) mass is 445 g/mol. The van der Waals surface area contributed by atoms with Crippen LogP contribution < -0.4 is 10.6 Å². The Hall–Kier alpha value is -2.26. The van der Waals surface area contributed by atoms with Gasteiger partial charge in [0.1, 0.15) is 5.69 Å². The van der Waals surface area contributed by atoms with Crippen LogP contribution in [0.4, 0.5) is 18.9 Å². The van der Waals surface area contributed by atoms with Crippen LogP contribution in [0, 0.1) is 6.92 Å². The summed E-state index contributed by atoms with van der Waals surface area (Å²) < 4.78 is 38.3. The molecule has 0 saturated heterocycles. The number of carbonyl (C=O) groups is 2. The van der Waals surface area contributed by atoms with Crippen LogP contribution in [0.25, 0.3) is 0 Å². The van der Waals surface area contributed by atoms with Gasteiger partial charge in [-0.15, -0.1) is 0 Å². The lowest BCUT2D eigenvalue weighted by atomic mass is 10.1. The van der Waals surface area contributed by atoms with Crippen molar-refractivity contribution in [2.24, 2.45) is 0 Å². The van der Waals surface area contributed by atoms with Crippen LogP contribution in [-0.4, -0.2) is 34.8 Å². The molecule has 2 aromatic rings. The van der Waals surface area contributed by atoms with Crippen molar-refractivity contribution in [2.75, 3.05) is 17.3 Å². The number of aromatic nitrogens is 1. The van der Waals surface area contributed by atoms with E-state index in [2.05, 4.69) is 15.6 Å². The fourth-order valence-corrected chi connectivity index (χ4v) is 3.38. The van der Waals surface area contributed by atoms with E-state index in [-0.39, 0.29) is 28.9 Å². The van der Waals surface area contributed by atoms with E-state index in [0.29, 0.717) is 23.6 Å². The van der Waals surface area contributed by atoms with E-state index in [1.54, 1.807) is 36.9 Å². The first-order chi connectivity index (χ1) is 13.5. The quantitative estimate of drug-likeness (QED) is 0.670. The Bertz CT molecular complexity index is 922. The average Bonchev–Trinajstić information content (AvgIpc) is 2.62. The molecule has 0 aliphatic rings. The van der Waals surface area contributed by atoms with E-state index in [4.69, 9.17) is 11.6 Å². The van der Waals surface area contributed by atoms with Crippen LogP contribution >= 0.6 is 23.4 Å². The number of amides is 2. The van der Waals surface area contributed by atoms with Crippen molar-refractivity contribution in [3.8, 4) is 0 Å². The number of benzene rings is 1. The molecule has 0 saturated carbocycles. The summed E-state index contributed by atoms with van der Waals surface area (Å²) in [6.07, 6.45) is -2.17. The molecule has 1 heterocycles. The molecule has 1 atom stereocenters. The van der Waals surface area contributed by atoms with Gasteiger partial charge in [0.15, 0.2) is 0 Å². The lowest BCUT2D eigenvalue weighted by Crippen LogP contribution is -2.35. The summed E-state index contributed by atoms with van der Waals surface area (Å²) in [5.41, 5.74) is -0.354.